The van der Waals surface area contributed by atoms with Crippen molar-refractivity contribution in [2.75, 3.05) is 4.81 Å². The van der Waals surface area contributed by atoms with Crippen LogP contribution in [0.5, 0.6) is 11.6 Å². The van der Waals surface area contributed by atoms with Gasteiger partial charge in [-0.2, -0.15) is 0 Å². The van der Waals surface area contributed by atoms with E-state index < -0.39 is 6.85 Å². The van der Waals surface area contributed by atoms with Crippen LogP contribution in [-0.2, 0) is 30.2 Å². The number of hydrogen-bond donors (Lipinski definition) is 0. The Labute approximate surface area is 466 Å². The predicted octanol–water partition coefficient (Wildman–Crippen LogP) is 17.1. The molecule has 12 aromatic rings. The van der Waals surface area contributed by atoms with Gasteiger partial charge in [0.2, 0.25) is 0 Å². The summed E-state index contributed by atoms with van der Waals surface area (Å²) in [6.07, 6.45) is 0. The van der Waals surface area contributed by atoms with Gasteiger partial charge in [0.05, 0.1) is 0 Å². The number of hydrogen-bond acceptors (Lipinski definition) is 3. The topological polar surface area (TPSA) is 40.1 Å². The molecule has 0 N–H and O–H groups in total. The van der Waals surface area contributed by atoms with Crippen molar-refractivity contribution in [1.82, 2.24) is 18.6 Å². The summed E-state index contributed by atoms with van der Waals surface area (Å²) in [5.41, 5.74) is 16.6. The first kappa shape index (κ1) is 45.0. The molecule has 3 aromatic heterocycles. The summed E-state index contributed by atoms with van der Waals surface area (Å²) in [4.78, 5) is 7.77. The fourth-order valence-electron chi connectivity index (χ4n) is 11.4. The zero-order valence-electron chi connectivity index (χ0n) is 46.9. The Kier molecular flexibility index (Phi) is 11.0. The van der Waals surface area contributed by atoms with E-state index in [0.717, 1.165) is 76.0 Å². The molecule has 0 bridgehead atoms. The van der Waals surface area contributed by atoms with Gasteiger partial charge in [-0.15, -0.1) is 0 Å². The van der Waals surface area contributed by atoms with Crippen LogP contribution in [0.2, 0.25) is 0 Å². The molecule has 8 heteroatoms. The van der Waals surface area contributed by atoms with Crippen LogP contribution in [0.15, 0.2) is 224 Å². The van der Waals surface area contributed by atoms with Crippen LogP contribution in [0.4, 0.5) is 11.5 Å². The molecule has 4 heterocycles. The fourth-order valence-corrected chi connectivity index (χ4v) is 12.4. The van der Waals surface area contributed by atoms with Crippen LogP contribution >= 0.6 is 0 Å². The van der Waals surface area contributed by atoms with Gasteiger partial charge in [-0.25, -0.2) is 0 Å². The maximum atomic E-state index is 8.66. The number of anilines is 2. The number of aromatic nitrogens is 4. The van der Waals surface area contributed by atoms with Gasteiger partial charge in [-0.05, 0) is 6.07 Å². The predicted molar refractivity (Wildman–Crippen MR) is 317 cm³/mol. The van der Waals surface area contributed by atoms with E-state index in [2.05, 4.69) is 249 Å². The number of pyridine rings is 1. The Hall–Kier alpha value is -8.25. The number of nitrogens with zero attached hydrogens (tertiary/aromatic N) is 5. The van der Waals surface area contributed by atoms with Gasteiger partial charge in [-0.3, -0.25) is 0 Å². The summed E-state index contributed by atoms with van der Waals surface area (Å²) in [6.45, 7) is 11.0. The normalized spacial score (nSPS) is 13.4. The minimum atomic E-state index is -2.40. The molecule has 0 fully saturated rings. The first-order chi connectivity index (χ1) is 38.5. The molecule has 77 heavy (non-hydrogen) atoms. The average Bonchev–Trinajstić information content (AvgIpc) is 3.17. The van der Waals surface area contributed by atoms with E-state index in [9.17, 15) is 0 Å². The molecule has 0 spiro atoms. The monoisotopic (exact) mass is 1180 g/mol. The van der Waals surface area contributed by atoms with Gasteiger partial charge < -0.3 is 0 Å². The Balaban J connectivity index is 0.996. The zero-order valence-corrected chi connectivity index (χ0v) is 46.2. The second kappa shape index (κ2) is 18.8. The standard InChI is InChI=1S/C69H58BN5O.Pt/c1-46-22-14-15-29-54(46)57-40-41-64(74-63-35-21-31-56-55-30-16-17-32-60(55)75(66(56)63)70(74)51-25-12-9-13-26-51)71-67(57)76-53-28-20-27-52(44-53)72-45-73(62-34-19-18-33-61(62)72)65-58(47-23-10-8-11-24-47)42-50(69(5,6)7)43-59(65)48-36-38-49(39-37-48)68(2,3)4;/h8-44H,1-7H3;/i1D3;. The number of benzene rings is 9. The van der Waals surface area contributed by atoms with Crippen molar-refractivity contribution in [3.05, 3.63) is 245 Å². The number of fused-ring (bicyclic) bond motifs is 4. The van der Waals surface area contributed by atoms with Gasteiger partial charge in [-0.1, -0.05) is 60.7 Å². The molecule has 0 atom stereocenters. The molecule has 0 amide bonds. The molecule has 1 aliphatic heterocycles. The first-order valence-corrected chi connectivity index (χ1v) is 27.4. The Bertz CT molecular complexity index is 4440. The van der Waals surface area contributed by atoms with E-state index >= 15 is 0 Å². The van der Waals surface area contributed by atoms with Crippen LogP contribution in [-0.4, -0.2) is 25.6 Å². The van der Waals surface area contributed by atoms with Crippen molar-refractivity contribution in [3.63, 3.8) is 0 Å². The molecule has 0 aliphatic carbocycles. The average molecular weight is 1180 g/mol. The van der Waals surface area contributed by atoms with Crippen molar-refractivity contribution in [3.8, 4) is 56.4 Å². The minimum absolute atomic E-state index is 0.000126. The number of aryl methyl sites for hydroxylation is 1. The molecular formula is C69H58BN5OPt. The van der Waals surface area contributed by atoms with Crippen LogP contribution in [0.3, 0.4) is 0 Å². The molecule has 0 unspecified atom stereocenters. The molecule has 9 aromatic carbocycles. The van der Waals surface area contributed by atoms with E-state index in [1.165, 1.54) is 16.5 Å². The molecule has 378 valence electrons. The summed E-state index contributed by atoms with van der Waals surface area (Å²) in [6, 6.07) is 78.1. The summed E-state index contributed by atoms with van der Waals surface area (Å²) < 4.78 is 41.3. The number of imidazole rings is 1. The Morgan fingerprint density at radius 2 is 1.12 bits per heavy atom. The third-order valence-corrected chi connectivity index (χ3v) is 16.2. The van der Waals surface area contributed by atoms with E-state index in [4.69, 9.17) is 13.8 Å². The second-order valence-electron chi connectivity index (χ2n) is 22.1. The van der Waals surface area contributed by atoms with Crippen molar-refractivity contribution in [2.24, 2.45) is 0 Å². The Morgan fingerprint density at radius 1 is 0.506 bits per heavy atom. The van der Waals surface area contributed by atoms with Crippen molar-refractivity contribution in [2.45, 2.75) is 59.2 Å². The van der Waals surface area contributed by atoms with E-state index in [1.807, 2.05) is 42.5 Å². The number of ether oxygens (including phenoxy) is 1. The Morgan fingerprint density at radius 3 is 1.83 bits per heavy atom. The molecule has 0 saturated carbocycles. The quantitative estimate of drug-likeness (QED) is 0.135. The number of rotatable bonds is 9. The van der Waals surface area contributed by atoms with Crippen LogP contribution < -0.4 is 15.0 Å². The van der Waals surface area contributed by atoms with Crippen molar-refractivity contribution in [1.29, 1.82) is 0 Å². The van der Waals surface area contributed by atoms with Gasteiger partial charge >= 0.3 is 386 Å². The van der Waals surface area contributed by atoms with Crippen LogP contribution in [0.25, 0.3) is 77.6 Å². The molecule has 1 aliphatic rings. The molecule has 0 radical (unpaired) electrons. The van der Waals surface area contributed by atoms with Gasteiger partial charge in [0.25, 0.3) is 0 Å². The van der Waals surface area contributed by atoms with Crippen LogP contribution in [0, 0.1) is 10.7 Å². The third kappa shape index (κ3) is 8.31. The van der Waals surface area contributed by atoms with Crippen LogP contribution in [0.1, 0.15) is 62.3 Å². The molecule has 6 nitrogen and oxygen atoms in total. The first-order valence-electron chi connectivity index (χ1n) is 27.8. The molecular weight excluding hydrogens is 1120 g/mol. The van der Waals surface area contributed by atoms with Crippen molar-refractivity contribution < 1.29 is 28.2 Å². The number of para-hydroxylation sites is 4. The van der Waals surface area contributed by atoms with Gasteiger partial charge in [0, 0.05) is 16.3 Å². The van der Waals surface area contributed by atoms with Gasteiger partial charge in [0.15, 0.2) is 0 Å². The van der Waals surface area contributed by atoms with Gasteiger partial charge in [0.1, 0.15) is 0 Å². The molecule has 0 saturated heterocycles. The second-order valence-corrected chi connectivity index (χ2v) is 23.2. The fraction of sp³-hybridized carbons (Fsp3) is 0.130. The summed E-state index contributed by atoms with van der Waals surface area (Å²) in [7, 11) is 0. The van der Waals surface area contributed by atoms with E-state index in [1.54, 1.807) is 12.1 Å². The third-order valence-electron chi connectivity index (χ3n) is 15.2. The zero-order chi connectivity index (χ0) is 55.2. The summed E-state index contributed by atoms with van der Waals surface area (Å²) in [5.74, 6) is 1.48. The van der Waals surface area contributed by atoms with E-state index in [0.29, 0.717) is 22.7 Å². The molecule has 13 rings (SSSR count). The summed E-state index contributed by atoms with van der Waals surface area (Å²) in [5, 5.41) is 2.35. The SMILES string of the molecule is [2H]C([2H])([2H])c1ccccc1-c1ccc(N2B(c3ccccc3)n3c4ccccc4c4cccc2c43)nc1Oc1cccc(-n2[c](=[Pt])n(-c3c(-c4ccccc4)cc(C(C)(C)C)cc3-c3ccc(C(C)(C)C)cc3)c3ccccc32)c1. The van der Waals surface area contributed by atoms with E-state index in [-0.39, 0.29) is 29.3 Å². The summed E-state index contributed by atoms with van der Waals surface area (Å²) >= 11 is 2.50. The maximum absolute atomic E-state index is 8.66. The van der Waals surface area contributed by atoms with Crippen molar-refractivity contribution >= 4 is 56.8 Å².